The molecule has 0 aliphatic carbocycles. The molecule has 0 saturated heterocycles. The Kier molecular flexibility index (Phi) is 5.99. The van der Waals surface area contributed by atoms with Gasteiger partial charge in [-0.1, -0.05) is 32.9 Å². The number of hydrogen-bond donors (Lipinski definition) is 1. The molecule has 2 aromatic rings. The van der Waals surface area contributed by atoms with Crippen molar-refractivity contribution in [1.82, 2.24) is 0 Å². The Balaban J connectivity index is 1.96. The second kappa shape index (κ2) is 7.97. The standard InChI is InChI=1S/C20H25NO3/c1-20(2,3)16-7-5-15(6-8-16)19(22)21-17-9-11-18(12-10-17)24-14-13-23-4/h5-12H,13-14H2,1-4H3,(H,21,22). The number of hydrogen-bond acceptors (Lipinski definition) is 3. The number of amides is 1. The molecule has 0 bridgehead atoms. The number of nitrogens with one attached hydrogen (secondary N) is 1. The number of ether oxygens (including phenoxy) is 2. The van der Waals surface area contributed by atoms with Gasteiger partial charge in [0.15, 0.2) is 0 Å². The first kappa shape index (κ1) is 18.0. The molecule has 2 rings (SSSR count). The quantitative estimate of drug-likeness (QED) is 0.806. The molecule has 0 aliphatic heterocycles. The van der Waals surface area contributed by atoms with Gasteiger partial charge in [-0.25, -0.2) is 0 Å². The zero-order valence-electron chi connectivity index (χ0n) is 14.8. The molecule has 128 valence electrons. The molecule has 0 saturated carbocycles. The highest BCUT2D eigenvalue weighted by molar-refractivity contribution is 6.04. The van der Waals surface area contributed by atoms with E-state index in [2.05, 4.69) is 26.1 Å². The van der Waals surface area contributed by atoms with E-state index in [1.807, 2.05) is 48.5 Å². The van der Waals surface area contributed by atoms with Crippen LogP contribution in [0.5, 0.6) is 5.75 Å². The molecule has 4 nitrogen and oxygen atoms in total. The largest absolute Gasteiger partial charge is 0.491 e. The van der Waals surface area contributed by atoms with Gasteiger partial charge in [-0.2, -0.15) is 0 Å². The van der Waals surface area contributed by atoms with Gasteiger partial charge in [0.2, 0.25) is 0 Å². The fourth-order valence-corrected chi connectivity index (χ4v) is 2.20. The van der Waals surface area contributed by atoms with Crippen molar-refractivity contribution in [2.45, 2.75) is 26.2 Å². The predicted octanol–water partition coefficient (Wildman–Crippen LogP) is 4.26. The van der Waals surface area contributed by atoms with E-state index < -0.39 is 0 Å². The lowest BCUT2D eigenvalue weighted by molar-refractivity contribution is 0.102. The van der Waals surface area contributed by atoms with Crippen LogP contribution in [0.3, 0.4) is 0 Å². The third-order valence-corrected chi connectivity index (χ3v) is 3.68. The monoisotopic (exact) mass is 327 g/mol. The van der Waals surface area contributed by atoms with Gasteiger partial charge in [0, 0.05) is 18.4 Å². The van der Waals surface area contributed by atoms with Gasteiger partial charge in [0.1, 0.15) is 12.4 Å². The highest BCUT2D eigenvalue weighted by atomic mass is 16.5. The Morgan fingerprint density at radius 2 is 1.58 bits per heavy atom. The average Bonchev–Trinajstić information content (AvgIpc) is 2.56. The minimum absolute atomic E-state index is 0.0770. The number of benzene rings is 2. The summed E-state index contributed by atoms with van der Waals surface area (Å²) in [4.78, 5) is 12.3. The maximum Gasteiger partial charge on any atom is 0.255 e. The molecule has 1 amide bonds. The van der Waals surface area contributed by atoms with Crippen molar-refractivity contribution in [1.29, 1.82) is 0 Å². The summed E-state index contributed by atoms with van der Waals surface area (Å²) in [6, 6.07) is 15.0. The Morgan fingerprint density at radius 3 is 2.12 bits per heavy atom. The van der Waals surface area contributed by atoms with Crippen LogP contribution in [0.4, 0.5) is 5.69 Å². The van der Waals surface area contributed by atoms with Crippen molar-refractivity contribution in [3.63, 3.8) is 0 Å². The number of anilines is 1. The number of carbonyl (C=O) groups excluding carboxylic acids is 1. The van der Waals surface area contributed by atoms with Gasteiger partial charge in [-0.05, 0) is 47.4 Å². The molecule has 0 aromatic heterocycles. The lowest BCUT2D eigenvalue weighted by atomic mass is 9.87. The molecule has 0 fully saturated rings. The zero-order chi connectivity index (χ0) is 17.6. The third-order valence-electron chi connectivity index (χ3n) is 3.68. The number of carbonyl (C=O) groups is 1. The van der Waals surface area contributed by atoms with Crippen LogP contribution in [0.1, 0.15) is 36.7 Å². The summed E-state index contributed by atoms with van der Waals surface area (Å²) in [6.45, 7) is 7.50. The molecule has 4 heteroatoms. The van der Waals surface area contributed by atoms with E-state index in [-0.39, 0.29) is 11.3 Å². The molecule has 2 aromatic carbocycles. The molecule has 0 aliphatic rings. The van der Waals surface area contributed by atoms with E-state index in [1.165, 1.54) is 5.56 Å². The molecular weight excluding hydrogens is 302 g/mol. The maximum absolute atomic E-state index is 12.3. The maximum atomic E-state index is 12.3. The summed E-state index contributed by atoms with van der Waals surface area (Å²) in [6.07, 6.45) is 0. The first-order valence-electron chi connectivity index (χ1n) is 8.04. The van der Waals surface area contributed by atoms with Crippen LogP contribution in [0.2, 0.25) is 0 Å². The third kappa shape index (κ3) is 5.10. The highest BCUT2D eigenvalue weighted by Gasteiger charge is 2.14. The molecule has 0 atom stereocenters. The van der Waals surface area contributed by atoms with Crippen LogP contribution in [-0.2, 0) is 10.2 Å². The first-order chi connectivity index (χ1) is 11.4. The summed E-state index contributed by atoms with van der Waals surface area (Å²) in [7, 11) is 1.63. The molecule has 0 unspecified atom stereocenters. The molecule has 0 radical (unpaired) electrons. The van der Waals surface area contributed by atoms with Crippen molar-refractivity contribution >= 4 is 11.6 Å². The fraction of sp³-hybridized carbons (Fsp3) is 0.350. The van der Waals surface area contributed by atoms with Crippen molar-refractivity contribution in [2.24, 2.45) is 0 Å². The predicted molar refractivity (Wildman–Crippen MR) is 96.9 cm³/mol. The van der Waals surface area contributed by atoms with Crippen molar-refractivity contribution < 1.29 is 14.3 Å². The Bertz CT molecular complexity index is 655. The number of methoxy groups -OCH3 is 1. The fourth-order valence-electron chi connectivity index (χ4n) is 2.20. The van der Waals surface area contributed by atoms with E-state index in [0.29, 0.717) is 18.8 Å². The topological polar surface area (TPSA) is 47.6 Å². The molecule has 1 N–H and O–H groups in total. The van der Waals surface area contributed by atoms with Crippen LogP contribution >= 0.6 is 0 Å². The minimum atomic E-state index is -0.122. The van der Waals surface area contributed by atoms with Crippen LogP contribution in [-0.4, -0.2) is 26.2 Å². The zero-order valence-corrected chi connectivity index (χ0v) is 14.8. The molecule has 24 heavy (non-hydrogen) atoms. The second-order valence-electron chi connectivity index (χ2n) is 6.65. The van der Waals surface area contributed by atoms with E-state index >= 15 is 0 Å². The van der Waals surface area contributed by atoms with Gasteiger partial charge in [0.05, 0.1) is 6.61 Å². The smallest absolute Gasteiger partial charge is 0.255 e. The average molecular weight is 327 g/mol. The normalized spacial score (nSPS) is 11.2. The van der Waals surface area contributed by atoms with Gasteiger partial charge in [-0.3, -0.25) is 4.79 Å². The van der Waals surface area contributed by atoms with E-state index in [1.54, 1.807) is 7.11 Å². The van der Waals surface area contributed by atoms with Gasteiger partial charge in [-0.15, -0.1) is 0 Å². The lowest BCUT2D eigenvalue weighted by Gasteiger charge is -2.19. The molecular formula is C20H25NO3. The Morgan fingerprint density at radius 1 is 0.958 bits per heavy atom. The van der Waals surface area contributed by atoms with E-state index in [0.717, 1.165) is 11.4 Å². The summed E-state index contributed by atoms with van der Waals surface area (Å²) in [5.74, 6) is 0.628. The molecule has 0 spiro atoms. The van der Waals surface area contributed by atoms with Gasteiger partial charge >= 0.3 is 0 Å². The highest BCUT2D eigenvalue weighted by Crippen LogP contribution is 2.22. The van der Waals surface area contributed by atoms with Crippen molar-refractivity contribution in [3.05, 3.63) is 59.7 Å². The Labute approximate surface area is 143 Å². The summed E-state index contributed by atoms with van der Waals surface area (Å²) in [5, 5.41) is 2.89. The van der Waals surface area contributed by atoms with Crippen LogP contribution < -0.4 is 10.1 Å². The van der Waals surface area contributed by atoms with Crippen LogP contribution in [0.25, 0.3) is 0 Å². The SMILES string of the molecule is COCCOc1ccc(NC(=O)c2ccc(C(C)(C)C)cc2)cc1. The summed E-state index contributed by atoms with van der Waals surface area (Å²) >= 11 is 0. The van der Waals surface area contributed by atoms with Crippen LogP contribution in [0.15, 0.2) is 48.5 Å². The van der Waals surface area contributed by atoms with Crippen molar-refractivity contribution in [3.8, 4) is 5.75 Å². The van der Waals surface area contributed by atoms with Gasteiger partial charge < -0.3 is 14.8 Å². The summed E-state index contributed by atoms with van der Waals surface area (Å²) in [5.41, 5.74) is 2.66. The van der Waals surface area contributed by atoms with Gasteiger partial charge in [0.25, 0.3) is 5.91 Å². The molecule has 0 heterocycles. The number of rotatable bonds is 6. The van der Waals surface area contributed by atoms with E-state index in [4.69, 9.17) is 9.47 Å². The second-order valence-corrected chi connectivity index (χ2v) is 6.65. The van der Waals surface area contributed by atoms with E-state index in [9.17, 15) is 4.79 Å². The minimum Gasteiger partial charge on any atom is -0.491 e. The van der Waals surface area contributed by atoms with Crippen LogP contribution in [0, 0.1) is 0 Å². The first-order valence-corrected chi connectivity index (χ1v) is 8.04. The summed E-state index contributed by atoms with van der Waals surface area (Å²) < 4.78 is 10.4. The lowest BCUT2D eigenvalue weighted by Crippen LogP contribution is -2.14. The Hall–Kier alpha value is -2.33. The van der Waals surface area contributed by atoms with Crippen molar-refractivity contribution in [2.75, 3.05) is 25.6 Å².